The summed E-state index contributed by atoms with van der Waals surface area (Å²) < 4.78 is 5.94. The van der Waals surface area contributed by atoms with E-state index in [1.165, 1.54) is 0 Å². The van der Waals surface area contributed by atoms with Crippen LogP contribution in [0.25, 0.3) is 0 Å². The normalized spacial score (nSPS) is 10.0. The zero-order valence-corrected chi connectivity index (χ0v) is 13.7. The standard InChI is InChI=1S/C15H11ClINO3/c16-11-6-4-10(5-7-11)15(20)21-9-14(19)18-13-3-1-2-12(17)8-13/h1-8H,9H2,(H,18,19). The van der Waals surface area contributed by atoms with Crippen LogP contribution in [0.2, 0.25) is 5.02 Å². The van der Waals surface area contributed by atoms with Crippen LogP contribution in [0.15, 0.2) is 48.5 Å². The highest BCUT2D eigenvalue weighted by molar-refractivity contribution is 14.1. The van der Waals surface area contributed by atoms with Gasteiger partial charge in [0.1, 0.15) is 0 Å². The zero-order chi connectivity index (χ0) is 15.2. The number of carbonyl (C=O) groups excluding carboxylic acids is 2. The van der Waals surface area contributed by atoms with E-state index >= 15 is 0 Å². The number of esters is 1. The number of anilines is 1. The molecular formula is C15H11ClINO3. The summed E-state index contributed by atoms with van der Waals surface area (Å²) in [5, 5.41) is 3.19. The topological polar surface area (TPSA) is 55.4 Å². The molecule has 0 aliphatic heterocycles. The Bertz CT molecular complexity index is 658. The number of carbonyl (C=O) groups is 2. The van der Waals surface area contributed by atoms with Crippen LogP contribution in [0.1, 0.15) is 10.4 Å². The molecule has 1 N–H and O–H groups in total. The van der Waals surface area contributed by atoms with E-state index in [0.717, 1.165) is 3.57 Å². The third-order valence-electron chi connectivity index (χ3n) is 2.52. The molecule has 0 saturated heterocycles. The maximum atomic E-state index is 11.7. The highest BCUT2D eigenvalue weighted by atomic mass is 127. The van der Waals surface area contributed by atoms with Crippen molar-refractivity contribution in [1.82, 2.24) is 0 Å². The molecule has 0 fully saturated rings. The largest absolute Gasteiger partial charge is 0.452 e. The van der Waals surface area contributed by atoms with Crippen molar-refractivity contribution < 1.29 is 14.3 Å². The van der Waals surface area contributed by atoms with Gasteiger partial charge in [0.25, 0.3) is 5.91 Å². The number of rotatable bonds is 4. The first-order chi connectivity index (χ1) is 10.0. The molecule has 4 nitrogen and oxygen atoms in total. The lowest BCUT2D eigenvalue weighted by molar-refractivity contribution is -0.119. The van der Waals surface area contributed by atoms with E-state index in [4.69, 9.17) is 16.3 Å². The summed E-state index contributed by atoms with van der Waals surface area (Å²) in [6.07, 6.45) is 0. The van der Waals surface area contributed by atoms with Gasteiger partial charge in [-0.1, -0.05) is 17.7 Å². The molecule has 2 aromatic carbocycles. The molecule has 21 heavy (non-hydrogen) atoms. The Morgan fingerprint density at radius 1 is 1.14 bits per heavy atom. The van der Waals surface area contributed by atoms with Crippen molar-refractivity contribution >= 4 is 51.8 Å². The van der Waals surface area contributed by atoms with Crippen molar-refractivity contribution in [3.8, 4) is 0 Å². The highest BCUT2D eigenvalue weighted by Gasteiger charge is 2.10. The van der Waals surface area contributed by atoms with E-state index in [2.05, 4.69) is 27.9 Å². The molecule has 0 aromatic heterocycles. The second-order valence-corrected chi connectivity index (χ2v) is 5.82. The van der Waals surface area contributed by atoms with Crippen LogP contribution in [0.5, 0.6) is 0 Å². The minimum Gasteiger partial charge on any atom is -0.452 e. The lowest BCUT2D eigenvalue weighted by atomic mass is 10.2. The predicted molar refractivity (Wildman–Crippen MR) is 89.5 cm³/mol. The summed E-state index contributed by atoms with van der Waals surface area (Å²) in [5.74, 6) is -0.955. The van der Waals surface area contributed by atoms with Crippen molar-refractivity contribution in [3.05, 3.63) is 62.7 Å². The van der Waals surface area contributed by atoms with Gasteiger partial charge in [-0.25, -0.2) is 4.79 Å². The molecular weight excluding hydrogens is 405 g/mol. The van der Waals surface area contributed by atoms with Gasteiger partial charge < -0.3 is 10.1 Å². The van der Waals surface area contributed by atoms with E-state index in [1.807, 2.05) is 18.2 Å². The molecule has 1 amide bonds. The summed E-state index contributed by atoms with van der Waals surface area (Å²) in [6.45, 7) is -0.340. The van der Waals surface area contributed by atoms with E-state index < -0.39 is 5.97 Å². The van der Waals surface area contributed by atoms with Crippen molar-refractivity contribution in [2.45, 2.75) is 0 Å². The molecule has 0 aliphatic rings. The molecule has 0 unspecified atom stereocenters. The van der Waals surface area contributed by atoms with Crippen molar-refractivity contribution in [1.29, 1.82) is 0 Å². The molecule has 0 bridgehead atoms. The fraction of sp³-hybridized carbons (Fsp3) is 0.0667. The first-order valence-corrected chi connectivity index (χ1v) is 7.48. The molecule has 0 saturated carbocycles. The second-order valence-electron chi connectivity index (χ2n) is 4.14. The summed E-state index contributed by atoms with van der Waals surface area (Å²) in [6, 6.07) is 13.6. The van der Waals surface area contributed by atoms with Gasteiger partial charge in [0, 0.05) is 14.3 Å². The number of hydrogen-bond donors (Lipinski definition) is 1. The van der Waals surface area contributed by atoms with Crippen LogP contribution < -0.4 is 5.32 Å². The Morgan fingerprint density at radius 3 is 2.52 bits per heavy atom. The van der Waals surface area contributed by atoms with Gasteiger partial charge in [0.15, 0.2) is 6.61 Å². The van der Waals surface area contributed by atoms with Crippen LogP contribution in [-0.2, 0) is 9.53 Å². The average Bonchev–Trinajstić information content (AvgIpc) is 2.45. The van der Waals surface area contributed by atoms with Gasteiger partial charge in [-0.3, -0.25) is 4.79 Å². The van der Waals surface area contributed by atoms with E-state index in [-0.39, 0.29) is 12.5 Å². The maximum Gasteiger partial charge on any atom is 0.338 e. The lowest BCUT2D eigenvalue weighted by Gasteiger charge is -2.07. The Hall–Kier alpha value is -1.60. The second kappa shape index (κ2) is 7.42. The van der Waals surface area contributed by atoms with Gasteiger partial charge in [0.2, 0.25) is 0 Å². The Morgan fingerprint density at radius 2 is 1.86 bits per heavy atom. The smallest absolute Gasteiger partial charge is 0.338 e. The molecule has 2 rings (SSSR count). The van der Waals surface area contributed by atoms with Crippen LogP contribution in [-0.4, -0.2) is 18.5 Å². The van der Waals surface area contributed by atoms with Crippen molar-refractivity contribution in [2.24, 2.45) is 0 Å². The lowest BCUT2D eigenvalue weighted by Crippen LogP contribution is -2.20. The van der Waals surface area contributed by atoms with Crippen LogP contribution in [0.4, 0.5) is 5.69 Å². The number of ether oxygens (including phenoxy) is 1. The van der Waals surface area contributed by atoms with Crippen molar-refractivity contribution in [2.75, 3.05) is 11.9 Å². The Labute approximate surface area is 140 Å². The highest BCUT2D eigenvalue weighted by Crippen LogP contribution is 2.13. The number of nitrogens with one attached hydrogen (secondary N) is 1. The molecule has 0 aliphatic carbocycles. The molecule has 0 spiro atoms. The van der Waals surface area contributed by atoms with Gasteiger partial charge >= 0.3 is 5.97 Å². The number of amides is 1. The fourth-order valence-corrected chi connectivity index (χ4v) is 2.23. The number of hydrogen-bond acceptors (Lipinski definition) is 3. The SMILES string of the molecule is O=C(COC(=O)c1ccc(Cl)cc1)Nc1cccc(I)c1. The molecule has 108 valence electrons. The number of benzene rings is 2. The van der Waals surface area contributed by atoms with E-state index in [1.54, 1.807) is 30.3 Å². The summed E-state index contributed by atoms with van der Waals surface area (Å²) in [5.41, 5.74) is 1.01. The van der Waals surface area contributed by atoms with Crippen LogP contribution in [0.3, 0.4) is 0 Å². The van der Waals surface area contributed by atoms with Crippen LogP contribution >= 0.6 is 34.2 Å². The first-order valence-electron chi connectivity index (χ1n) is 6.03. The first kappa shape index (κ1) is 15.8. The zero-order valence-electron chi connectivity index (χ0n) is 10.8. The summed E-state index contributed by atoms with van der Waals surface area (Å²) in [4.78, 5) is 23.4. The van der Waals surface area contributed by atoms with E-state index in [9.17, 15) is 9.59 Å². The van der Waals surface area contributed by atoms with Gasteiger partial charge in [-0.05, 0) is 65.1 Å². The minimum atomic E-state index is -0.565. The minimum absolute atomic E-state index is 0.340. The third-order valence-corrected chi connectivity index (χ3v) is 3.45. The quantitative estimate of drug-likeness (QED) is 0.611. The average molecular weight is 416 g/mol. The molecule has 0 radical (unpaired) electrons. The molecule has 6 heteroatoms. The number of halogens is 2. The monoisotopic (exact) mass is 415 g/mol. The maximum absolute atomic E-state index is 11.7. The van der Waals surface area contributed by atoms with Gasteiger partial charge in [-0.15, -0.1) is 0 Å². The summed E-state index contributed by atoms with van der Waals surface area (Å²) >= 11 is 7.88. The Balaban J connectivity index is 1.86. The molecule has 0 heterocycles. The Kier molecular flexibility index (Phi) is 5.58. The summed E-state index contributed by atoms with van der Waals surface area (Å²) in [7, 11) is 0. The third kappa shape index (κ3) is 5.02. The fourth-order valence-electron chi connectivity index (χ4n) is 1.56. The molecule has 0 atom stereocenters. The molecule has 2 aromatic rings. The van der Waals surface area contributed by atoms with E-state index in [0.29, 0.717) is 16.3 Å². The van der Waals surface area contributed by atoms with Crippen LogP contribution in [0, 0.1) is 3.57 Å². The van der Waals surface area contributed by atoms with Crippen molar-refractivity contribution in [3.63, 3.8) is 0 Å². The van der Waals surface area contributed by atoms with Gasteiger partial charge in [-0.2, -0.15) is 0 Å². The van der Waals surface area contributed by atoms with Gasteiger partial charge in [0.05, 0.1) is 5.56 Å². The predicted octanol–water partition coefficient (Wildman–Crippen LogP) is 3.74.